The maximum atomic E-state index is 10.6. The van der Waals surface area contributed by atoms with Gasteiger partial charge in [-0.05, 0) is 0 Å². The van der Waals surface area contributed by atoms with Crippen molar-refractivity contribution in [3.05, 3.63) is 0 Å². The molecular weight excluding hydrogens is 168 g/mol. The Labute approximate surface area is 69.9 Å². The zero-order chi connectivity index (χ0) is 8.85. The van der Waals surface area contributed by atoms with Gasteiger partial charge in [-0.2, -0.15) is 0 Å². The summed E-state index contributed by atoms with van der Waals surface area (Å²) in [4.78, 5) is 20.8. The van der Waals surface area contributed by atoms with Crippen LogP contribution in [-0.4, -0.2) is 23.0 Å². The average Bonchev–Trinajstić information content (AvgIpc) is 1.87. The smallest absolute Gasteiger partial charge is 0.307 e. The van der Waals surface area contributed by atoms with E-state index in [1.165, 1.54) is 6.92 Å². The summed E-state index contributed by atoms with van der Waals surface area (Å²) in [5, 5.41) is 8.37. The number of ether oxygens (including phenoxy) is 1. The van der Waals surface area contributed by atoms with Crippen LogP contribution in [0.2, 0.25) is 0 Å². The van der Waals surface area contributed by atoms with E-state index in [1.807, 2.05) is 0 Å². The molecular formula is C6H10O4S. The van der Waals surface area contributed by atoms with Crippen LogP contribution in [0.15, 0.2) is 0 Å². The first kappa shape index (κ1) is 10.3. The molecule has 0 aromatic carbocycles. The van der Waals surface area contributed by atoms with Crippen molar-refractivity contribution >= 4 is 24.6 Å². The third-order valence-corrected chi connectivity index (χ3v) is 1.25. The molecule has 1 N–H and O–H groups in total. The minimum Gasteiger partial charge on any atom is -0.481 e. The Bertz CT molecular complexity index is 157. The fourth-order valence-corrected chi connectivity index (χ4v) is 0.612. The molecule has 0 spiro atoms. The highest BCUT2D eigenvalue weighted by Gasteiger charge is 2.15. The van der Waals surface area contributed by atoms with Gasteiger partial charge in [0.05, 0.1) is 12.3 Å². The van der Waals surface area contributed by atoms with E-state index in [1.54, 1.807) is 0 Å². The number of carboxylic acid groups (broad SMARTS) is 1. The SMILES string of the molecule is CC(CC(=O)OCS)C(=O)O. The summed E-state index contributed by atoms with van der Waals surface area (Å²) in [6.45, 7) is 1.45. The zero-order valence-corrected chi connectivity index (χ0v) is 7.01. The van der Waals surface area contributed by atoms with E-state index >= 15 is 0 Å². The molecule has 0 amide bonds. The van der Waals surface area contributed by atoms with Gasteiger partial charge in [0.15, 0.2) is 0 Å². The molecule has 0 aromatic heterocycles. The third-order valence-electron chi connectivity index (χ3n) is 1.12. The average molecular weight is 178 g/mol. The molecule has 5 heteroatoms. The normalized spacial score (nSPS) is 12.2. The van der Waals surface area contributed by atoms with Crippen molar-refractivity contribution in [2.75, 3.05) is 5.94 Å². The van der Waals surface area contributed by atoms with E-state index in [0.717, 1.165) is 0 Å². The number of aliphatic carboxylic acids is 1. The summed E-state index contributed by atoms with van der Waals surface area (Å²) in [5.41, 5.74) is 0. The van der Waals surface area contributed by atoms with Gasteiger partial charge in [-0.25, -0.2) is 0 Å². The monoisotopic (exact) mass is 178 g/mol. The van der Waals surface area contributed by atoms with Crippen LogP contribution in [0.3, 0.4) is 0 Å². The van der Waals surface area contributed by atoms with Gasteiger partial charge < -0.3 is 9.84 Å². The van der Waals surface area contributed by atoms with Crippen LogP contribution in [0.4, 0.5) is 0 Å². The van der Waals surface area contributed by atoms with Crippen molar-refractivity contribution in [2.24, 2.45) is 5.92 Å². The fraction of sp³-hybridized carbons (Fsp3) is 0.667. The number of rotatable bonds is 4. The molecule has 0 aliphatic rings. The predicted molar refractivity (Wildman–Crippen MR) is 41.4 cm³/mol. The summed E-state index contributed by atoms with van der Waals surface area (Å²) in [7, 11) is 0. The zero-order valence-electron chi connectivity index (χ0n) is 6.11. The van der Waals surface area contributed by atoms with Gasteiger partial charge in [-0.15, -0.1) is 12.6 Å². The van der Waals surface area contributed by atoms with Crippen molar-refractivity contribution < 1.29 is 19.4 Å². The van der Waals surface area contributed by atoms with Crippen molar-refractivity contribution in [2.45, 2.75) is 13.3 Å². The van der Waals surface area contributed by atoms with Crippen LogP contribution in [0, 0.1) is 5.92 Å². The molecule has 1 atom stereocenters. The lowest BCUT2D eigenvalue weighted by Gasteiger charge is -2.03. The van der Waals surface area contributed by atoms with Crippen LogP contribution in [0.1, 0.15) is 13.3 Å². The minimum atomic E-state index is -0.999. The Morgan fingerprint density at radius 1 is 1.64 bits per heavy atom. The van der Waals surface area contributed by atoms with Gasteiger partial charge in [0.2, 0.25) is 0 Å². The van der Waals surface area contributed by atoms with Crippen LogP contribution >= 0.6 is 12.6 Å². The van der Waals surface area contributed by atoms with E-state index < -0.39 is 17.9 Å². The van der Waals surface area contributed by atoms with Gasteiger partial charge in [0.25, 0.3) is 0 Å². The molecule has 0 fully saturated rings. The van der Waals surface area contributed by atoms with E-state index in [-0.39, 0.29) is 12.4 Å². The number of carbonyl (C=O) groups is 2. The second-order valence-corrected chi connectivity index (χ2v) is 2.35. The summed E-state index contributed by atoms with van der Waals surface area (Å²) in [6, 6.07) is 0. The molecule has 4 nitrogen and oxygen atoms in total. The highest BCUT2D eigenvalue weighted by Crippen LogP contribution is 2.03. The molecule has 0 heterocycles. The predicted octanol–water partition coefficient (Wildman–Crippen LogP) is 0.528. The maximum absolute atomic E-state index is 10.6. The Kier molecular flexibility index (Phi) is 4.69. The topological polar surface area (TPSA) is 63.6 Å². The molecule has 0 saturated heterocycles. The Hall–Kier alpha value is -0.710. The van der Waals surface area contributed by atoms with Crippen LogP contribution < -0.4 is 0 Å². The number of carboxylic acids is 1. The van der Waals surface area contributed by atoms with Gasteiger partial charge in [-0.1, -0.05) is 6.92 Å². The van der Waals surface area contributed by atoms with Gasteiger partial charge in [-0.3, -0.25) is 9.59 Å². The molecule has 0 bridgehead atoms. The van der Waals surface area contributed by atoms with Gasteiger partial charge >= 0.3 is 11.9 Å². The van der Waals surface area contributed by atoms with E-state index in [2.05, 4.69) is 17.4 Å². The van der Waals surface area contributed by atoms with Crippen molar-refractivity contribution in [1.82, 2.24) is 0 Å². The first-order chi connectivity index (χ1) is 5.07. The highest BCUT2D eigenvalue weighted by molar-refractivity contribution is 7.80. The quantitative estimate of drug-likeness (QED) is 0.374. The van der Waals surface area contributed by atoms with Crippen LogP contribution in [0.25, 0.3) is 0 Å². The standard InChI is InChI=1S/C6H10O4S/c1-4(6(8)9)2-5(7)10-3-11/h4,11H,2-3H2,1H3,(H,8,9). The lowest BCUT2D eigenvalue weighted by Crippen LogP contribution is -2.15. The summed E-state index contributed by atoms with van der Waals surface area (Å²) in [5.74, 6) is -2.23. The number of hydrogen-bond acceptors (Lipinski definition) is 4. The van der Waals surface area contributed by atoms with Crippen molar-refractivity contribution in [1.29, 1.82) is 0 Å². The molecule has 0 radical (unpaired) electrons. The highest BCUT2D eigenvalue weighted by atomic mass is 32.1. The minimum absolute atomic E-state index is 0.00876. The maximum Gasteiger partial charge on any atom is 0.307 e. The first-order valence-electron chi connectivity index (χ1n) is 3.07. The van der Waals surface area contributed by atoms with Crippen LogP contribution in [-0.2, 0) is 14.3 Å². The first-order valence-corrected chi connectivity index (χ1v) is 3.70. The number of carbonyl (C=O) groups excluding carboxylic acids is 1. The second kappa shape index (κ2) is 5.01. The third kappa shape index (κ3) is 4.66. The summed E-state index contributed by atoms with van der Waals surface area (Å²) >= 11 is 3.64. The second-order valence-electron chi connectivity index (χ2n) is 2.09. The molecule has 11 heavy (non-hydrogen) atoms. The molecule has 1 unspecified atom stereocenters. The summed E-state index contributed by atoms with van der Waals surface area (Å²) < 4.78 is 4.42. The molecule has 0 saturated carbocycles. The van der Waals surface area contributed by atoms with Gasteiger partial charge in [0, 0.05) is 0 Å². The number of thiol groups is 1. The van der Waals surface area contributed by atoms with E-state index in [4.69, 9.17) is 5.11 Å². The number of esters is 1. The molecule has 0 aliphatic carbocycles. The largest absolute Gasteiger partial charge is 0.481 e. The Morgan fingerprint density at radius 2 is 2.18 bits per heavy atom. The van der Waals surface area contributed by atoms with Crippen molar-refractivity contribution in [3.63, 3.8) is 0 Å². The van der Waals surface area contributed by atoms with E-state index in [9.17, 15) is 9.59 Å². The van der Waals surface area contributed by atoms with E-state index in [0.29, 0.717) is 0 Å². The lowest BCUT2D eigenvalue weighted by atomic mass is 10.1. The van der Waals surface area contributed by atoms with Crippen LogP contribution in [0.5, 0.6) is 0 Å². The molecule has 0 aliphatic heterocycles. The Morgan fingerprint density at radius 3 is 2.55 bits per heavy atom. The fourth-order valence-electron chi connectivity index (χ4n) is 0.468. The van der Waals surface area contributed by atoms with Gasteiger partial charge in [0.1, 0.15) is 5.94 Å². The summed E-state index contributed by atoms with van der Waals surface area (Å²) in [6.07, 6.45) is -0.101. The van der Waals surface area contributed by atoms with Crippen molar-refractivity contribution in [3.8, 4) is 0 Å². The number of hydrogen-bond donors (Lipinski definition) is 2. The molecule has 0 rings (SSSR count). The molecule has 0 aromatic rings. The Balaban J connectivity index is 3.66. The lowest BCUT2D eigenvalue weighted by molar-refractivity contribution is -0.149. The molecule has 64 valence electrons.